The Morgan fingerprint density at radius 2 is 1.67 bits per heavy atom. The van der Waals surface area contributed by atoms with E-state index in [0.717, 1.165) is 21.9 Å². The zero-order valence-corrected chi connectivity index (χ0v) is 14.5. The molecule has 1 heterocycles. The lowest BCUT2D eigenvalue weighted by molar-refractivity contribution is -0.105. The van der Waals surface area contributed by atoms with Crippen molar-refractivity contribution < 1.29 is 14.6 Å². The highest BCUT2D eigenvalue weighted by molar-refractivity contribution is 5.88. The number of rotatable bonds is 5. The lowest BCUT2D eigenvalue weighted by Crippen LogP contribution is -2.26. The number of fused-ring (bicyclic) bond motifs is 1. The Hall–Kier alpha value is -2.30. The third-order valence-corrected chi connectivity index (χ3v) is 4.60. The summed E-state index contributed by atoms with van der Waals surface area (Å²) in [5.74, 6) is 0.242. The second kappa shape index (κ2) is 6.30. The van der Waals surface area contributed by atoms with Crippen LogP contribution in [0.25, 0.3) is 10.8 Å². The minimum Gasteiger partial charge on any atom is -0.494 e. The van der Waals surface area contributed by atoms with Gasteiger partial charge in [-0.2, -0.15) is 0 Å². The summed E-state index contributed by atoms with van der Waals surface area (Å²) in [5.41, 5.74) is 1.64. The number of aromatic nitrogens is 1. The van der Waals surface area contributed by atoms with Crippen LogP contribution in [0.4, 0.5) is 0 Å². The monoisotopic (exact) mass is 325 g/mol. The third kappa shape index (κ3) is 2.68. The van der Waals surface area contributed by atoms with Gasteiger partial charge in [0, 0.05) is 36.8 Å². The molecule has 3 rings (SSSR count). The highest BCUT2D eigenvalue weighted by atomic mass is 16.7. The lowest BCUT2D eigenvalue weighted by atomic mass is 9.94. The van der Waals surface area contributed by atoms with E-state index in [9.17, 15) is 5.11 Å². The molecule has 0 spiro atoms. The van der Waals surface area contributed by atoms with Crippen molar-refractivity contribution in [1.29, 1.82) is 0 Å². The number of methoxy groups -OCH3 is 2. The first kappa shape index (κ1) is 16.6. The van der Waals surface area contributed by atoms with Crippen molar-refractivity contribution in [2.45, 2.75) is 25.7 Å². The molecule has 0 aliphatic carbocycles. The smallest absolute Gasteiger partial charge is 0.199 e. The lowest BCUT2D eigenvalue weighted by Gasteiger charge is -2.28. The average Bonchev–Trinajstić information content (AvgIpc) is 2.94. The van der Waals surface area contributed by atoms with Crippen LogP contribution in [0.5, 0.6) is 5.88 Å². The van der Waals surface area contributed by atoms with Gasteiger partial charge in [0.2, 0.25) is 0 Å². The van der Waals surface area contributed by atoms with E-state index in [-0.39, 0.29) is 11.4 Å². The molecule has 0 bridgehead atoms. The molecule has 2 aromatic carbocycles. The summed E-state index contributed by atoms with van der Waals surface area (Å²) >= 11 is 0. The van der Waals surface area contributed by atoms with Gasteiger partial charge in [0.25, 0.3) is 0 Å². The predicted molar refractivity (Wildman–Crippen MR) is 95.2 cm³/mol. The van der Waals surface area contributed by atoms with Crippen molar-refractivity contribution in [3.05, 3.63) is 65.9 Å². The second-order valence-electron chi connectivity index (χ2n) is 6.40. The Bertz CT molecular complexity index is 833. The average molecular weight is 325 g/mol. The van der Waals surface area contributed by atoms with Gasteiger partial charge in [0.05, 0.1) is 5.54 Å². The quantitative estimate of drug-likeness (QED) is 0.706. The summed E-state index contributed by atoms with van der Waals surface area (Å²) in [7, 11) is 3.20. The molecular formula is C20H23NO3. The Morgan fingerprint density at radius 1 is 1.00 bits per heavy atom. The summed E-state index contributed by atoms with van der Waals surface area (Å²) < 4.78 is 12.5. The van der Waals surface area contributed by atoms with Crippen LogP contribution in [0.2, 0.25) is 0 Å². The molecule has 4 nitrogen and oxygen atoms in total. The Morgan fingerprint density at radius 3 is 2.29 bits per heavy atom. The zero-order valence-electron chi connectivity index (χ0n) is 14.5. The molecule has 126 valence electrons. The van der Waals surface area contributed by atoms with Gasteiger partial charge in [-0.25, -0.2) is 0 Å². The molecule has 24 heavy (non-hydrogen) atoms. The molecule has 0 aliphatic heterocycles. The fourth-order valence-corrected chi connectivity index (χ4v) is 3.14. The zero-order chi connectivity index (χ0) is 17.3. The summed E-state index contributed by atoms with van der Waals surface area (Å²) in [4.78, 5) is 0. The van der Waals surface area contributed by atoms with E-state index in [1.165, 1.54) is 0 Å². The van der Waals surface area contributed by atoms with Gasteiger partial charge in [0.15, 0.2) is 12.2 Å². The van der Waals surface area contributed by atoms with Gasteiger partial charge < -0.3 is 19.1 Å². The van der Waals surface area contributed by atoms with Crippen LogP contribution in [-0.2, 0) is 15.0 Å². The molecule has 3 aromatic rings. The second-order valence-corrected chi connectivity index (χ2v) is 6.40. The molecule has 4 heteroatoms. The normalized spacial score (nSPS) is 12.2. The molecular weight excluding hydrogens is 302 g/mol. The van der Waals surface area contributed by atoms with Gasteiger partial charge in [-0.3, -0.25) is 0 Å². The highest BCUT2D eigenvalue weighted by Gasteiger charge is 2.26. The standard InChI is InChI=1S/C20H23NO3/c1-20(2,16-8-6-5-7-9-16)21-13-15-11-10-14(19(23-3)24-4)12-17(15)18(21)22/h5-13,19,22H,1-4H3. The van der Waals surface area contributed by atoms with Gasteiger partial charge >= 0.3 is 0 Å². The van der Waals surface area contributed by atoms with E-state index in [0.29, 0.717) is 0 Å². The molecule has 0 saturated heterocycles. The number of benzene rings is 2. The molecule has 0 unspecified atom stereocenters. The Balaban J connectivity index is 2.12. The SMILES string of the molecule is COC(OC)c1ccc2cn(C(C)(C)c3ccccc3)c(O)c2c1. The van der Waals surface area contributed by atoms with E-state index < -0.39 is 6.29 Å². The van der Waals surface area contributed by atoms with E-state index in [1.807, 2.05) is 47.2 Å². The molecule has 1 N–H and O–H groups in total. The number of ether oxygens (including phenoxy) is 2. The van der Waals surface area contributed by atoms with Crippen LogP contribution < -0.4 is 0 Å². The van der Waals surface area contributed by atoms with Crippen molar-refractivity contribution in [2.75, 3.05) is 14.2 Å². The fraction of sp³-hybridized carbons (Fsp3) is 0.300. The molecule has 0 atom stereocenters. The van der Waals surface area contributed by atoms with E-state index in [2.05, 4.69) is 26.0 Å². The maximum Gasteiger partial charge on any atom is 0.199 e. The topological polar surface area (TPSA) is 43.6 Å². The van der Waals surface area contributed by atoms with Crippen molar-refractivity contribution in [2.24, 2.45) is 0 Å². The first-order valence-corrected chi connectivity index (χ1v) is 7.94. The maximum absolute atomic E-state index is 10.8. The summed E-state index contributed by atoms with van der Waals surface area (Å²) in [6.07, 6.45) is 1.54. The molecule has 0 amide bonds. The number of nitrogens with zero attached hydrogens (tertiary/aromatic N) is 1. The first-order valence-electron chi connectivity index (χ1n) is 7.94. The molecule has 0 aliphatic rings. The van der Waals surface area contributed by atoms with E-state index >= 15 is 0 Å². The van der Waals surface area contributed by atoms with Gasteiger partial charge in [-0.05, 0) is 25.5 Å². The van der Waals surface area contributed by atoms with Crippen molar-refractivity contribution in [1.82, 2.24) is 4.57 Å². The Kier molecular flexibility index (Phi) is 4.35. The van der Waals surface area contributed by atoms with Gasteiger partial charge in [-0.1, -0.05) is 42.5 Å². The van der Waals surface area contributed by atoms with Crippen LogP contribution >= 0.6 is 0 Å². The first-order chi connectivity index (χ1) is 11.5. The van der Waals surface area contributed by atoms with Crippen LogP contribution in [0, 0.1) is 0 Å². The van der Waals surface area contributed by atoms with E-state index in [4.69, 9.17) is 9.47 Å². The predicted octanol–water partition coefficient (Wildman–Crippen LogP) is 4.42. The molecule has 0 saturated carbocycles. The molecule has 0 radical (unpaired) electrons. The minimum absolute atomic E-state index is 0.242. The fourth-order valence-electron chi connectivity index (χ4n) is 3.14. The summed E-state index contributed by atoms with van der Waals surface area (Å²) in [5, 5.41) is 12.6. The number of aromatic hydroxyl groups is 1. The van der Waals surface area contributed by atoms with Gasteiger partial charge in [-0.15, -0.1) is 0 Å². The minimum atomic E-state index is -0.445. The van der Waals surface area contributed by atoms with E-state index in [1.54, 1.807) is 14.2 Å². The van der Waals surface area contributed by atoms with Crippen molar-refractivity contribution in [3.8, 4) is 5.88 Å². The van der Waals surface area contributed by atoms with Crippen LogP contribution in [0.3, 0.4) is 0 Å². The van der Waals surface area contributed by atoms with Crippen LogP contribution in [0.1, 0.15) is 31.3 Å². The van der Waals surface area contributed by atoms with Crippen molar-refractivity contribution in [3.63, 3.8) is 0 Å². The molecule has 0 fully saturated rings. The Labute approximate surface area is 142 Å². The number of hydrogen-bond acceptors (Lipinski definition) is 3. The largest absolute Gasteiger partial charge is 0.494 e. The van der Waals surface area contributed by atoms with Crippen molar-refractivity contribution >= 4 is 10.8 Å². The maximum atomic E-state index is 10.8. The van der Waals surface area contributed by atoms with Gasteiger partial charge in [0.1, 0.15) is 0 Å². The van der Waals surface area contributed by atoms with Crippen LogP contribution in [0.15, 0.2) is 54.7 Å². The highest BCUT2D eigenvalue weighted by Crippen LogP contribution is 2.37. The third-order valence-electron chi connectivity index (χ3n) is 4.60. The number of hydrogen-bond donors (Lipinski definition) is 1. The van der Waals surface area contributed by atoms with Crippen LogP contribution in [-0.4, -0.2) is 23.9 Å². The summed E-state index contributed by atoms with van der Waals surface area (Å²) in [6.45, 7) is 4.18. The summed E-state index contributed by atoms with van der Waals surface area (Å²) in [6, 6.07) is 16.0. The molecule has 1 aromatic heterocycles.